The van der Waals surface area contributed by atoms with Gasteiger partial charge in [0.2, 0.25) is 6.79 Å². The van der Waals surface area contributed by atoms with Gasteiger partial charge in [0, 0.05) is 34.3 Å². The molecule has 3 aromatic rings. The number of hydrogen-bond donors (Lipinski definition) is 2. The molecule has 180 valence electrons. The zero-order valence-corrected chi connectivity index (χ0v) is 21.0. The van der Waals surface area contributed by atoms with Crippen LogP contribution in [-0.4, -0.2) is 52.9 Å². The fourth-order valence-electron chi connectivity index (χ4n) is 4.01. The van der Waals surface area contributed by atoms with Crippen LogP contribution in [0.1, 0.15) is 25.8 Å². The van der Waals surface area contributed by atoms with Crippen LogP contribution in [0.15, 0.2) is 47.3 Å². The zero-order chi connectivity index (χ0) is 24.1. The Hall–Kier alpha value is -2.81. The Kier molecular flexibility index (Phi) is 7.92. The van der Waals surface area contributed by atoms with Crippen LogP contribution in [0.2, 0.25) is 5.02 Å². The number of nitrogens with zero attached hydrogens (tertiary/aromatic N) is 2. The van der Waals surface area contributed by atoms with Gasteiger partial charge in [-0.2, -0.15) is 0 Å². The Labute approximate surface area is 209 Å². The normalized spacial score (nSPS) is 12.4. The first-order valence-electron chi connectivity index (χ1n) is 11.5. The summed E-state index contributed by atoms with van der Waals surface area (Å²) < 4.78 is 10.9. The number of thiocarbonyl (C=S) groups is 1. The van der Waals surface area contributed by atoms with Gasteiger partial charge in [-0.15, -0.1) is 0 Å². The minimum Gasteiger partial charge on any atom is -0.454 e. The lowest BCUT2D eigenvalue weighted by Gasteiger charge is -2.27. The fourth-order valence-corrected chi connectivity index (χ4v) is 4.47. The van der Waals surface area contributed by atoms with E-state index in [1.165, 1.54) is 0 Å². The molecule has 2 aromatic carbocycles. The number of pyridine rings is 1. The van der Waals surface area contributed by atoms with Gasteiger partial charge in [0.05, 0.1) is 12.1 Å². The first-order chi connectivity index (χ1) is 16.5. The van der Waals surface area contributed by atoms with Crippen LogP contribution in [0.5, 0.6) is 11.5 Å². The van der Waals surface area contributed by atoms with Crippen molar-refractivity contribution >= 4 is 45.5 Å². The number of aromatic nitrogens is 1. The molecule has 0 fully saturated rings. The number of halogens is 1. The molecule has 0 spiro atoms. The third kappa shape index (κ3) is 5.81. The number of anilines is 1. The van der Waals surface area contributed by atoms with Crippen molar-refractivity contribution in [1.82, 2.24) is 14.8 Å². The molecule has 0 saturated heterocycles. The lowest BCUT2D eigenvalue weighted by Crippen LogP contribution is -2.38. The Balaban J connectivity index is 1.56. The molecule has 0 atom stereocenters. The van der Waals surface area contributed by atoms with Crippen LogP contribution in [0.25, 0.3) is 10.9 Å². The second kappa shape index (κ2) is 11.1. The van der Waals surface area contributed by atoms with Gasteiger partial charge < -0.3 is 29.6 Å². The van der Waals surface area contributed by atoms with Crippen molar-refractivity contribution < 1.29 is 9.47 Å². The van der Waals surface area contributed by atoms with E-state index in [0.717, 1.165) is 37.1 Å². The van der Waals surface area contributed by atoms with Crippen LogP contribution in [0, 0.1) is 0 Å². The lowest BCUT2D eigenvalue weighted by atomic mass is 10.1. The molecule has 0 unspecified atom stereocenters. The van der Waals surface area contributed by atoms with Gasteiger partial charge in [-0.05, 0) is 68.6 Å². The summed E-state index contributed by atoms with van der Waals surface area (Å²) in [6.45, 7) is 8.56. The van der Waals surface area contributed by atoms with Gasteiger partial charge >= 0.3 is 0 Å². The fraction of sp³-hybridized carbons (Fsp3) is 0.360. The third-order valence-electron chi connectivity index (χ3n) is 5.94. The first kappa shape index (κ1) is 24.3. The largest absolute Gasteiger partial charge is 0.454 e. The van der Waals surface area contributed by atoms with Gasteiger partial charge in [0.1, 0.15) is 0 Å². The molecule has 0 radical (unpaired) electrons. The van der Waals surface area contributed by atoms with Crippen molar-refractivity contribution in [3.05, 3.63) is 63.4 Å². The number of rotatable bonds is 9. The Morgan fingerprint density at radius 2 is 1.88 bits per heavy atom. The van der Waals surface area contributed by atoms with Crippen molar-refractivity contribution in [2.24, 2.45) is 0 Å². The number of hydrogen-bond acceptors (Lipinski definition) is 5. The maximum atomic E-state index is 12.9. The highest BCUT2D eigenvalue weighted by Crippen LogP contribution is 2.35. The monoisotopic (exact) mass is 500 g/mol. The molecule has 1 aliphatic rings. The highest BCUT2D eigenvalue weighted by atomic mass is 35.5. The second-order valence-corrected chi connectivity index (χ2v) is 8.98. The van der Waals surface area contributed by atoms with E-state index >= 15 is 0 Å². The summed E-state index contributed by atoms with van der Waals surface area (Å²) in [4.78, 5) is 20.3. The Morgan fingerprint density at radius 3 is 2.62 bits per heavy atom. The molecule has 7 nitrogen and oxygen atoms in total. The predicted octanol–water partition coefficient (Wildman–Crippen LogP) is 4.84. The minimum absolute atomic E-state index is 0.148. The third-order valence-corrected chi connectivity index (χ3v) is 6.53. The number of fused-ring (bicyclic) bond motifs is 2. The molecular weight excluding hydrogens is 472 g/mol. The van der Waals surface area contributed by atoms with Crippen LogP contribution < -0.4 is 20.3 Å². The van der Waals surface area contributed by atoms with E-state index < -0.39 is 0 Å². The molecule has 2 heterocycles. The molecule has 34 heavy (non-hydrogen) atoms. The highest BCUT2D eigenvalue weighted by molar-refractivity contribution is 7.80. The van der Waals surface area contributed by atoms with E-state index in [0.29, 0.717) is 45.8 Å². The van der Waals surface area contributed by atoms with Crippen molar-refractivity contribution in [1.29, 1.82) is 0 Å². The van der Waals surface area contributed by atoms with Gasteiger partial charge in [0.25, 0.3) is 5.56 Å². The molecule has 2 N–H and O–H groups in total. The summed E-state index contributed by atoms with van der Waals surface area (Å²) in [5.74, 6) is 1.32. The molecule has 0 saturated carbocycles. The summed E-state index contributed by atoms with van der Waals surface area (Å²) in [5.41, 5.74) is 2.01. The van der Waals surface area contributed by atoms with E-state index in [4.69, 9.17) is 33.3 Å². The summed E-state index contributed by atoms with van der Waals surface area (Å²) in [7, 11) is 0. The molecule has 1 aromatic heterocycles. The highest BCUT2D eigenvalue weighted by Gasteiger charge is 2.18. The van der Waals surface area contributed by atoms with Crippen molar-refractivity contribution in [2.45, 2.75) is 26.8 Å². The Morgan fingerprint density at radius 1 is 1.12 bits per heavy atom. The predicted molar refractivity (Wildman–Crippen MR) is 141 cm³/mol. The molecule has 4 rings (SSSR count). The number of ether oxygens (including phenoxy) is 2. The van der Waals surface area contributed by atoms with E-state index in [2.05, 4.69) is 29.0 Å². The lowest BCUT2D eigenvalue weighted by molar-refractivity contribution is 0.174. The number of benzene rings is 2. The molecule has 9 heteroatoms. The summed E-state index contributed by atoms with van der Waals surface area (Å²) in [5, 5.41) is 5.33. The SMILES string of the molecule is CCN(CC)CCCN(Cc1cc2cc3c(cc2[nH]c1=O)OCO3)C(=S)Nc1cccc(Cl)c1. The minimum atomic E-state index is -0.148. The van der Waals surface area contributed by atoms with Gasteiger partial charge in [-0.1, -0.05) is 31.5 Å². The molecule has 0 bridgehead atoms. The summed E-state index contributed by atoms with van der Waals surface area (Å²) in [6.07, 6.45) is 0.920. The summed E-state index contributed by atoms with van der Waals surface area (Å²) >= 11 is 11.9. The maximum absolute atomic E-state index is 12.9. The molecule has 0 amide bonds. The van der Waals surface area contributed by atoms with Crippen LogP contribution in [0.4, 0.5) is 5.69 Å². The number of H-pyrrole nitrogens is 1. The smallest absolute Gasteiger partial charge is 0.253 e. The van der Waals surface area contributed by atoms with Crippen LogP contribution in [-0.2, 0) is 6.54 Å². The number of nitrogens with one attached hydrogen (secondary N) is 2. The van der Waals surface area contributed by atoms with E-state index in [1.807, 2.05) is 41.3 Å². The van der Waals surface area contributed by atoms with Crippen molar-refractivity contribution in [3.63, 3.8) is 0 Å². The van der Waals surface area contributed by atoms with E-state index in [1.54, 1.807) is 6.07 Å². The molecule has 0 aliphatic carbocycles. The average Bonchev–Trinajstić information content (AvgIpc) is 3.27. The quantitative estimate of drug-likeness (QED) is 0.407. The van der Waals surface area contributed by atoms with Gasteiger partial charge in [-0.3, -0.25) is 4.79 Å². The van der Waals surface area contributed by atoms with Crippen molar-refractivity contribution in [2.75, 3.05) is 38.3 Å². The van der Waals surface area contributed by atoms with Gasteiger partial charge in [0.15, 0.2) is 16.6 Å². The van der Waals surface area contributed by atoms with Crippen molar-refractivity contribution in [3.8, 4) is 11.5 Å². The maximum Gasteiger partial charge on any atom is 0.253 e. The van der Waals surface area contributed by atoms with Crippen LogP contribution in [0.3, 0.4) is 0 Å². The number of aromatic amines is 1. The standard InChI is InChI=1S/C25H29ClN4O3S/c1-3-29(4-2)9-6-10-30(25(34)27-20-8-5-7-19(26)13-20)15-18-11-17-12-22-23(33-16-32-22)14-21(17)28-24(18)31/h5,7-8,11-14H,3-4,6,9-10,15-16H2,1-2H3,(H,27,34)(H,28,31). The molecular formula is C25H29ClN4O3S. The summed E-state index contributed by atoms with van der Waals surface area (Å²) in [6, 6.07) is 13.0. The van der Waals surface area contributed by atoms with E-state index in [9.17, 15) is 4.79 Å². The van der Waals surface area contributed by atoms with Gasteiger partial charge in [-0.25, -0.2) is 0 Å². The molecule has 1 aliphatic heterocycles. The second-order valence-electron chi connectivity index (χ2n) is 8.16. The van der Waals surface area contributed by atoms with E-state index in [-0.39, 0.29) is 12.4 Å². The topological polar surface area (TPSA) is 69.8 Å². The van der Waals surface area contributed by atoms with Crippen LogP contribution >= 0.6 is 23.8 Å². The Bertz CT molecular complexity index is 1230. The first-order valence-corrected chi connectivity index (χ1v) is 12.2. The average molecular weight is 501 g/mol. The zero-order valence-electron chi connectivity index (χ0n) is 19.4.